The first-order chi connectivity index (χ1) is 8.98. The molecule has 5 nitrogen and oxygen atoms in total. The Morgan fingerprint density at radius 1 is 1.35 bits per heavy atom. The maximum Gasteiger partial charge on any atom is 0.390 e. The second-order valence-electron chi connectivity index (χ2n) is 5.23. The molecule has 114 valence electrons. The van der Waals surface area contributed by atoms with Gasteiger partial charge in [0.25, 0.3) is 5.91 Å². The molecule has 1 aromatic rings. The lowest BCUT2D eigenvalue weighted by Crippen LogP contribution is -2.27. The second-order valence-corrected chi connectivity index (χ2v) is 6.23. The number of anilines is 2. The van der Waals surface area contributed by atoms with E-state index in [1.807, 2.05) is 20.8 Å². The van der Waals surface area contributed by atoms with Crippen LogP contribution < -0.4 is 16.4 Å². The van der Waals surface area contributed by atoms with Crippen LogP contribution in [0.4, 0.5) is 24.1 Å². The van der Waals surface area contributed by atoms with Crippen molar-refractivity contribution < 1.29 is 18.0 Å². The molecule has 0 aliphatic rings. The standard InChI is InChI=1S/C11H17F3N4OS/c1-10(2,3)18-9-17-7(15)6(20-9)8(19)16-5-4-11(12,13)14/h4-5,15H2,1-3H3,(H,16,19)(H,17,18). The van der Waals surface area contributed by atoms with E-state index in [2.05, 4.69) is 15.6 Å². The van der Waals surface area contributed by atoms with Crippen molar-refractivity contribution >= 4 is 28.2 Å². The van der Waals surface area contributed by atoms with Gasteiger partial charge in [0.15, 0.2) is 5.13 Å². The average molecular weight is 310 g/mol. The monoisotopic (exact) mass is 310 g/mol. The van der Waals surface area contributed by atoms with Crippen molar-refractivity contribution in [3.05, 3.63) is 4.88 Å². The molecule has 0 atom stereocenters. The lowest BCUT2D eigenvalue weighted by Gasteiger charge is -2.19. The van der Waals surface area contributed by atoms with Crippen LogP contribution in [-0.2, 0) is 0 Å². The van der Waals surface area contributed by atoms with E-state index < -0.39 is 25.0 Å². The van der Waals surface area contributed by atoms with E-state index in [4.69, 9.17) is 5.73 Å². The fourth-order valence-corrected chi connectivity index (χ4v) is 2.28. The highest BCUT2D eigenvalue weighted by Crippen LogP contribution is 2.27. The van der Waals surface area contributed by atoms with Crippen molar-refractivity contribution in [1.29, 1.82) is 0 Å². The molecule has 0 saturated heterocycles. The molecule has 0 aromatic carbocycles. The number of nitrogens with one attached hydrogen (secondary N) is 2. The average Bonchev–Trinajstić information content (AvgIpc) is 2.54. The Kier molecular flexibility index (Phi) is 4.85. The van der Waals surface area contributed by atoms with Crippen molar-refractivity contribution in [2.45, 2.75) is 38.9 Å². The van der Waals surface area contributed by atoms with Crippen LogP contribution in [0.5, 0.6) is 0 Å². The number of amides is 1. The first-order valence-electron chi connectivity index (χ1n) is 5.87. The van der Waals surface area contributed by atoms with Gasteiger partial charge in [0.1, 0.15) is 10.7 Å². The number of carbonyl (C=O) groups excluding carboxylic acids is 1. The number of halogens is 3. The zero-order valence-electron chi connectivity index (χ0n) is 11.4. The Morgan fingerprint density at radius 2 is 1.95 bits per heavy atom. The summed E-state index contributed by atoms with van der Waals surface area (Å²) < 4.78 is 35.9. The molecule has 0 saturated carbocycles. The van der Waals surface area contributed by atoms with Gasteiger partial charge in [0.2, 0.25) is 0 Å². The van der Waals surface area contributed by atoms with E-state index in [1.165, 1.54) is 0 Å². The van der Waals surface area contributed by atoms with E-state index in [-0.39, 0.29) is 16.2 Å². The molecule has 20 heavy (non-hydrogen) atoms. The summed E-state index contributed by atoms with van der Waals surface area (Å²) in [6.07, 6.45) is -5.38. The van der Waals surface area contributed by atoms with Crippen LogP contribution in [0, 0.1) is 0 Å². The summed E-state index contributed by atoms with van der Waals surface area (Å²) in [5.74, 6) is -0.641. The molecule has 0 spiro atoms. The molecule has 4 N–H and O–H groups in total. The third-order valence-corrected chi connectivity index (χ3v) is 3.02. The number of rotatable bonds is 4. The van der Waals surface area contributed by atoms with Crippen LogP contribution >= 0.6 is 11.3 Å². The Hall–Kier alpha value is -1.51. The van der Waals surface area contributed by atoms with Crippen molar-refractivity contribution in [2.24, 2.45) is 0 Å². The first-order valence-corrected chi connectivity index (χ1v) is 6.69. The number of aromatic nitrogens is 1. The number of alkyl halides is 3. The normalized spacial score (nSPS) is 12.3. The predicted molar refractivity (Wildman–Crippen MR) is 72.9 cm³/mol. The zero-order valence-corrected chi connectivity index (χ0v) is 12.2. The summed E-state index contributed by atoms with van der Waals surface area (Å²) in [5, 5.41) is 5.68. The summed E-state index contributed by atoms with van der Waals surface area (Å²) in [6, 6.07) is 0. The van der Waals surface area contributed by atoms with Gasteiger partial charge in [-0.3, -0.25) is 4.79 Å². The van der Waals surface area contributed by atoms with E-state index >= 15 is 0 Å². The largest absolute Gasteiger partial charge is 0.390 e. The number of hydrogen-bond donors (Lipinski definition) is 3. The minimum atomic E-state index is -4.30. The van der Waals surface area contributed by atoms with Gasteiger partial charge < -0.3 is 16.4 Å². The van der Waals surface area contributed by atoms with E-state index in [0.29, 0.717) is 5.13 Å². The highest BCUT2D eigenvalue weighted by molar-refractivity contribution is 7.18. The minimum absolute atomic E-state index is 0.00580. The maximum atomic E-state index is 12.0. The molecule has 1 heterocycles. The molecule has 1 amide bonds. The van der Waals surface area contributed by atoms with Gasteiger partial charge in [-0.2, -0.15) is 13.2 Å². The fraction of sp³-hybridized carbons (Fsp3) is 0.636. The molecule has 0 aliphatic carbocycles. The van der Waals surface area contributed by atoms with Crippen LogP contribution in [0.25, 0.3) is 0 Å². The lowest BCUT2D eigenvalue weighted by molar-refractivity contribution is -0.132. The summed E-state index contributed by atoms with van der Waals surface area (Å²) in [7, 11) is 0. The topological polar surface area (TPSA) is 80.0 Å². The number of carbonyl (C=O) groups is 1. The molecule has 0 fully saturated rings. The maximum absolute atomic E-state index is 12.0. The molecule has 0 radical (unpaired) electrons. The van der Waals surface area contributed by atoms with Crippen LogP contribution in [0.3, 0.4) is 0 Å². The number of nitrogens with zero attached hydrogens (tertiary/aromatic N) is 1. The quantitative estimate of drug-likeness (QED) is 0.798. The summed E-state index contributed by atoms with van der Waals surface area (Å²) >= 11 is 1.01. The number of nitrogen functional groups attached to an aromatic ring is 1. The van der Waals surface area contributed by atoms with E-state index in [1.54, 1.807) is 0 Å². The zero-order chi connectivity index (χ0) is 15.6. The fourth-order valence-electron chi connectivity index (χ4n) is 1.27. The number of hydrogen-bond acceptors (Lipinski definition) is 5. The van der Waals surface area contributed by atoms with Crippen LogP contribution in [0.1, 0.15) is 36.9 Å². The van der Waals surface area contributed by atoms with Crippen LogP contribution in [-0.4, -0.2) is 29.2 Å². The van der Waals surface area contributed by atoms with Gasteiger partial charge in [-0.05, 0) is 20.8 Å². The minimum Gasteiger partial charge on any atom is -0.382 e. The smallest absolute Gasteiger partial charge is 0.382 e. The molecular weight excluding hydrogens is 293 g/mol. The van der Waals surface area contributed by atoms with Gasteiger partial charge in [-0.1, -0.05) is 11.3 Å². The first kappa shape index (κ1) is 16.5. The van der Waals surface area contributed by atoms with Crippen molar-refractivity contribution in [1.82, 2.24) is 10.3 Å². The molecule has 0 aliphatic heterocycles. The molecular formula is C11H17F3N4OS. The second kappa shape index (κ2) is 5.86. The van der Waals surface area contributed by atoms with Gasteiger partial charge in [-0.25, -0.2) is 4.98 Å². The molecule has 0 unspecified atom stereocenters. The highest BCUT2D eigenvalue weighted by Gasteiger charge is 2.27. The number of nitrogens with two attached hydrogens (primary N) is 1. The third kappa shape index (κ3) is 5.64. The van der Waals surface area contributed by atoms with Crippen molar-refractivity contribution in [3.63, 3.8) is 0 Å². The van der Waals surface area contributed by atoms with Gasteiger partial charge in [0.05, 0.1) is 6.42 Å². The van der Waals surface area contributed by atoms with Gasteiger partial charge in [-0.15, -0.1) is 0 Å². The summed E-state index contributed by atoms with van der Waals surface area (Å²) in [4.78, 5) is 15.8. The SMILES string of the molecule is CC(C)(C)Nc1nc(N)c(C(=O)NCCC(F)(F)F)s1. The predicted octanol–water partition coefficient (Wildman–Crippen LogP) is 2.62. The summed E-state index contributed by atoms with van der Waals surface area (Å²) in [6.45, 7) is 5.25. The highest BCUT2D eigenvalue weighted by atomic mass is 32.1. The van der Waals surface area contributed by atoms with E-state index in [9.17, 15) is 18.0 Å². The van der Waals surface area contributed by atoms with E-state index in [0.717, 1.165) is 11.3 Å². The lowest BCUT2D eigenvalue weighted by atomic mass is 10.1. The Balaban J connectivity index is 2.65. The van der Waals surface area contributed by atoms with Crippen molar-refractivity contribution in [3.8, 4) is 0 Å². The Bertz CT molecular complexity index is 479. The van der Waals surface area contributed by atoms with Gasteiger partial charge >= 0.3 is 6.18 Å². The molecule has 9 heteroatoms. The molecule has 0 bridgehead atoms. The van der Waals surface area contributed by atoms with Crippen molar-refractivity contribution in [2.75, 3.05) is 17.6 Å². The van der Waals surface area contributed by atoms with Gasteiger partial charge in [0, 0.05) is 12.1 Å². The Labute approximate surface area is 118 Å². The summed E-state index contributed by atoms with van der Waals surface area (Å²) in [5.41, 5.74) is 5.34. The van der Waals surface area contributed by atoms with Crippen LogP contribution in [0.2, 0.25) is 0 Å². The molecule has 1 aromatic heterocycles. The Morgan fingerprint density at radius 3 is 2.45 bits per heavy atom. The number of thiazole rings is 1. The third-order valence-electron chi connectivity index (χ3n) is 2.04. The molecule has 1 rings (SSSR count). The van der Waals surface area contributed by atoms with Crippen LogP contribution in [0.15, 0.2) is 0 Å².